The van der Waals surface area contributed by atoms with Gasteiger partial charge in [0.25, 0.3) is 17.7 Å². The van der Waals surface area contributed by atoms with Gasteiger partial charge in [0, 0.05) is 116 Å². The molecule has 9 N–H and O–H groups in total. The number of nitrogens with zero attached hydrogens (tertiary/aromatic N) is 6. The molecule has 0 saturated carbocycles. The second kappa shape index (κ2) is 35.2. The number of rotatable bonds is 12. The molecular formula is C69H81FI2N14O12S2. The number of benzene rings is 4. The number of carbonyl (C=O) groups is 10. The van der Waals surface area contributed by atoms with Gasteiger partial charge in [-0.1, -0.05) is 48.0 Å². The van der Waals surface area contributed by atoms with E-state index in [0.717, 1.165) is 24.7 Å². The van der Waals surface area contributed by atoms with Gasteiger partial charge in [-0.2, -0.15) is 23.5 Å². The molecular weight excluding hydrogens is 1550 g/mol. The van der Waals surface area contributed by atoms with Crippen molar-refractivity contribution in [2.45, 2.75) is 132 Å². The third-order valence-corrected chi connectivity index (χ3v) is 21.8. The maximum absolute atomic E-state index is 15.4. The van der Waals surface area contributed by atoms with E-state index in [-0.39, 0.29) is 44.6 Å². The van der Waals surface area contributed by atoms with Crippen molar-refractivity contribution in [3.05, 3.63) is 149 Å². The molecule has 4 aromatic carbocycles. The number of methoxy groups -OCH3 is 1. The molecule has 1 saturated heterocycles. The first-order valence-corrected chi connectivity index (χ1v) is 36.8. The maximum atomic E-state index is 15.4. The average molecular weight is 1640 g/mol. The Morgan fingerprint density at radius 2 is 1.46 bits per heavy atom. The molecule has 0 aliphatic carbocycles. The lowest BCUT2D eigenvalue weighted by molar-refractivity contribution is -0.145. The van der Waals surface area contributed by atoms with Crippen LogP contribution in [0.4, 0.5) is 10.1 Å². The predicted molar refractivity (Wildman–Crippen MR) is 395 cm³/mol. The van der Waals surface area contributed by atoms with Gasteiger partial charge in [-0.15, -0.1) is 0 Å². The van der Waals surface area contributed by atoms with Crippen molar-refractivity contribution in [1.82, 2.24) is 62.1 Å². The lowest BCUT2D eigenvalue weighted by atomic mass is 10.0. The number of H-pyrrole nitrogens is 2. The number of likely N-dealkylation sites (N-methyl/N-ethyl adjacent to an activating group) is 1. The van der Waals surface area contributed by atoms with Gasteiger partial charge in [0.1, 0.15) is 53.9 Å². The molecule has 26 nitrogen and oxygen atoms in total. The first kappa shape index (κ1) is 75.8. The van der Waals surface area contributed by atoms with Crippen LogP contribution in [0.3, 0.4) is 0 Å². The molecule has 5 heterocycles. The van der Waals surface area contributed by atoms with E-state index in [9.17, 15) is 38.3 Å². The number of aryl methyl sites for hydroxylation is 3. The molecule has 100 heavy (non-hydrogen) atoms. The fourth-order valence-electron chi connectivity index (χ4n) is 12.1. The van der Waals surface area contributed by atoms with E-state index < -0.39 is 114 Å². The summed E-state index contributed by atoms with van der Waals surface area (Å²) in [4.78, 5) is 158. The number of carboxylic acids is 1. The zero-order valence-electron chi connectivity index (χ0n) is 56.0. The number of aromatic nitrogens is 4. The molecule has 3 aromatic heterocycles. The number of aromatic amines is 2. The number of carboxylic acid groups (broad SMARTS) is 1. The Kier molecular flexibility index (Phi) is 26.7. The van der Waals surface area contributed by atoms with Crippen molar-refractivity contribution in [1.29, 1.82) is 0 Å². The van der Waals surface area contributed by atoms with Crippen LogP contribution in [-0.2, 0) is 85.8 Å². The second-order valence-electron chi connectivity index (χ2n) is 24.8. The van der Waals surface area contributed by atoms with Crippen LogP contribution in [0.25, 0.3) is 21.8 Å². The minimum atomic E-state index is -1.96. The number of halogens is 3. The van der Waals surface area contributed by atoms with E-state index in [1.54, 1.807) is 104 Å². The van der Waals surface area contributed by atoms with Crippen molar-refractivity contribution in [3.63, 3.8) is 0 Å². The molecule has 31 heteroatoms. The summed E-state index contributed by atoms with van der Waals surface area (Å²) in [5.41, 5.74) is 6.08. The molecule has 2 aliphatic heterocycles. The summed E-state index contributed by atoms with van der Waals surface area (Å²) < 4.78 is 24.7. The molecule has 0 spiro atoms. The molecule has 1 fully saturated rings. The zero-order valence-corrected chi connectivity index (χ0v) is 61.9. The van der Waals surface area contributed by atoms with E-state index in [4.69, 9.17) is 4.74 Å². The topological polar surface area (TPSA) is 335 Å². The Morgan fingerprint density at radius 1 is 0.750 bits per heavy atom. The fraction of sp³-hybridized carbons (Fsp3) is 0.406. The predicted octanol–water partition coefficient (Wildman–Crippen LogP) is 6.38. The van der Waals surface area contributed by atoms with Crippen LogP contribution in [0.5, 0.6) is 5.75 Å². The number of hydrogen-bond acceptors (Lipinski definition) is 15. The summed E-state index contributed by atoms with van der Waals surface area (Å²) in [6.07, 6.45) is 3.62. The van der Waals surface area contributed by atoms with E-state index in [1.165, 1.54) is 57.6 Å². The largest absolute Gasteiger partial charge is 0.497 e. The van der Waals surface area contributed by atoms with Gasteiger partial charge >= 0.3 is 5.97 Å². The number of thioether (sulfide) groups is 2. The van der Waals surface area contributed by atoms with Gasteiger partial charge in [0.15, 0.2) is 6.17 Å². The number of anilines is 1. The van der Waals surface area contributed by atoms with Gasteiger partial charge in [-0.3, -0.25) is 54.2 Å². The number of imidazole rings is 1. The number of carbonyl (C=O) groups excluding carboxylic acids is 9. The third-order valence-electron chi connectivity index (χ3n) is 17.5. The Morgan fingerprint density at radius 3 is 2.17 bits per heavy atom. The summed E-state index contributed by atoms with van der Waals surface area (Å²) in [5, 5.41) is 28.1. The van der Waals surface area contributed by atoms with Crippen LogP contribution in [0.15, 0.2) is 110 Å². The maximum Gasteiger partial charge on any atom is 0.305 e. The lowest BCUT2D eigenvalue weighted by Gasteiger charge is -2.33. The molecule has 9 amide bonds. The third kappa shape index (κ3) is 19.8. The first-order valence-electron chi connectivity index (χ1n) is 32.5. The monoisotopic (exact) mass is 1630 g/mol. The van der Waals surface area contributed by atoms with Crippen LogP contribution in [-0.4, -0.2) is 187 Å². The number of fused-ring (bicyclic) bond motifs is 5. The van der Waals surface area contributed by atoms with Gasteiger partial charge in [0.05, 0.1) is 71.3 Å². The lowest BCUT2D eigenvalue weighted by Crippen LogP contribution is -2.62. The Balaban J connectivity index is 1.06. The molecule has 1 unspecified atom stereocenters. The highest BCUT2D eigenvalue weighted by molar-refractivity contribution is 14.1. The highest BCUT2D eigenvalue weighted by atomic mass is 127. The van der Waals surface area contributed by atoms with Crippen molar-refractivity contribution in [2.75, 3.05) is 44.1 Å². The normalized spacial score (nSPS) is 22.4. The quantitative estimate of drug-likeness (QED) is 0.0473. The minimum Gasteiger partial charge on any atom is -0.497 e. The number of ether oxygens (including phenoxy) is 1. The number of nitrogens with one attached hydrogen (secondary N) is 8. The van der Waals surface area contributed by atoms with Crippen molar-refractivity contribution in [2.24, 2.45) is 7.05 Å². The van der Waals surface area contributed by atoms with Gasteiger partial charge in [0.2, 0.25) is 35.4 Å². The smallest absolute Gasteiger partial charge is 0.305 e. The van der Waals surface area contributed by atoms with Crippen LogP contribution in [0, 0.1) is 12.7 Å². The first-order chi connectivity index (χ1) is 47.8. The van der Waals surface area contributed by atoms with Crippen molar-refractivity contribution in [3.8, 4) is 5.75 Å². The molecule has 8 atom stereocenters. The van der Waals surface area contributed by atoms with E-state index in [2.05, 4.69) is 52.9 Å². The van der Waals surface area contributed by atoms with Gasteiger partial charge < -0.3 is 66.1 Å². The fourth-order valence-corrected chi connectivity index (χ4v) is 15.4. The van der Waals surface area contributed by atoms with Crippen LogP contribution >= 0.6 is 69.3 Å². The van der Waals surface area contributed by atoms with E-state index >= 15 is 19.2 Å². The number of hydrogen-bond donors (Lipinski definition) is 9. The van der Waals surface area contributed by atoms with E-state index in [0.29, 0.717) is 92.5 Å². The van der Waals surface area contributed by atoms with Crippen LogP contribution in [0.1, 0.15) is 79.5 Å². The molecule has 9 rings (SSSR count). The standard InChI is InChI=1S/C69H81FI2N14O12S2/c1-39-12-20-56-50(27-39)55(35-82(56)4)77-61-65(93)79-53(32-60(88)89)63(91)78-52(31-47-34-73-38-75-47)62(90)80-54(29-42-13-17-48(98-6)18-14-42)68(96)84-23-8-11-58(84)69(97)85(71)24-26-100-37-44-10-7-9-43(28-44)36-99-25-22-59(87)76-40(2)66(94)86(72)41(3)67(95)83(5)57(64(92)81-61)21-15-45-33-74-51-19-16-46(70)30-49(45)51/h7,9-10,12-14,16-20,27-28,30,33-35,38,40-41,52-54,57-58,61,74,77H,8,11,15,21-26,29,31-32,36-37H2,1-6H3,(H,73,75)(H,76,87)(H,78,91)(H,79,93)(H,80,90)(H,81,92)(H,88,89)/t40-,41+,52-,53-,54-,57-,58?,61+/m0/s1. The molecule has 0 radical (unpaired) electrons. The highest BCUT2D eigenvalue weighted by Crippen LogP contribution is 2.30. The van der Waals surface area contributed by atoms with Crippen molar-refractivity contribution >= 4 is 156 Å². The summed E-state index contributed by atoms with van der Waals surface area (Å²) >= 11 is 6.85. The van der Waals surface area contributed by atoms with Gasteiger partial charge in [-0.25, -0.2) is 9.37 Å². The Bertz CT molecular complexity index is 4130. The summed E-state index contributed by atoms with van der Waals surface area (Å²) in [7, 11) is 4.61. The number of aliphatic carboxylic acids is 1. The molecule has 2 aliphatic rings. The molecule has 2 bridgehead atoms. The summed E-state index contributed by atoms with van der Waals surface area (Å²) in [5.74, 6) is -6.00. The minimum absolute atomic E-state index is 0.0561. The van der Waals surface area contributed by atoms with Crippen molar-refractivity contribution < 1.29 is 62.2 Å². The van der Waals surface area contributed by atoms with E-state index in [1.807, 2.05) is 66.2 Å². The highest BCUT2D eigenvalue weighted by Gasteiger charge is 2.42. The Hall–Kier alpha value is -8.44. The van der Waals surface area contributed by atoms with Crippen LogP contribution < -0.4 is 36.6 Å². The van der Waals surface area contributed by atoms with Crippen LogP contribution in [0.2, 0.25) is 0 Å². The molecule has 532 valence electrons. The Labute approximate surface area is 613 Å². The molecule has 7 aromatic rings. The summed E-state index contributed by atoms with van der Waals surface area (Å²) in [6.45, 7) is 5.37. The second-order valence-corrected chi connectivity index (χ2v) is 29.2. The SMILES string of the molecule is COc1ccc(C[C@@H]2NC(=O)[C@H](Cc3cnc[nH]3)NC(=O)[C@H](CC(=O)O)NC(=O)[C@H](Nc3cn(C)c4ccc(C)cc34)NC(=O)[C@H](CCc3c[nH]c4ccc(F)cc34)N(C)C(=O)[C@@H](C)N(I)C(=O)[C@H](C)NC(=O)CCSCc3cccc(c3)CSCCN(I)C(=O)C3CCCN3C2=O)cc1. The van der Waals surface area contributed by atoms with Gasteiger partial charge in [-0.05, 0) is 111 Å². The summed E-state index contributed by atoms with van der Waals surface area (Å²) in [6, 6.07) is 15.1. The number of amides is 9. The zero-order chi connectivity index (χ0) is 71.9. The average Bonchev–Trinajstić information content (AvgIpc) is 1.62.